The maximum absolute atomic E-state index is 11.9. The van der Waals surface area contributed by atoms with E-state index in [1.54, 1.807) is 37.4 Å². The number of ether oxygens (including phenoxy) is 2. The summed E-state index contributed by atoms with van der Waals surface area (Å²) in [4.78, 5) is 23.9. The molecule has 0 saturated heterocycles. The second-order valence-electron chi connectivity index (χ2n) is 5.88. The maximum atomic E-state index is 11.9. The third kappa shape index (κ3) is 7.21. The molecule has 2 N–H and O–H groups in total. The van der Waals surface area contributed by atoms with Gasteiger partial charge in [0.05, 0.1) is 34.2 Å². The van der Waals surface area contributed by atoms with E-state index in [1.165, 1.54) is 6.21 Å². The van der Waals surface area contributed by atoms with E-state index in [4.69, 9.17) is 21.1 Å². The lowest BCUT2D eigenvalue weighted by molar-refractivity contribution is -0.126. The average Bonchev–Trinajstić information content (AvgIpc) is 2.68. The Morgan fingerprint density at radius 3 is 2.69 bits per heavy atom. The van der Waals surface area contributed by atoms with Crippen LogP contribution in [-0.4, -0.2) is 31.7 Å². The third-order valence-electron chi connectivity index (χ3n) is 3.57. The lowest BCUT2D eigenvalue weighted by atomic mass is 10.2. The zero-order valence-electron chi connectivity index (χ0n) is 16.0. The summed E-state index contributed by atoms with van der Waals surface area (Å²) in [5, 5.41) is 6.87. The second-order valence-corrected chi connectivity index (χ2v) is 7.45. The Kier molecular flexibility index (Phi) is 9.20. The van der Waals surface area contributed by atoms with Crippen LogP contribution in [0.1, 0.15) is 25.3 Å². The minimum Gasteiger partial charge on any atom is -0.493 e. The fraction of sp³-hybridized carbons (Fsp3) is 0.250. The predicted octanol–water partition coefficient (Wildman–Crippen LogP) is 4.22. The van der Waals surface area contributed by atoms with Crippen LogP contribution >= 0.6 is 34.2 Å². The molecule has 0 fully saturated rings. The molecule has 0 spiro atoms. The highest BCUT2D eigenvalue weighted by Gasteiger charge is 2.12. The molecule has 2 aromatic rings. The topological polar surface area (TPSA) is 89.0 Å². The summed E-state index contributed by atoms with van der Waals surface area (Å²) in [7, 11) is 1.56. The summed E-state index contributed by atoms with van der Waals surface area (Å²) in [5.41, 5.74) is 3.50. The van der Waals surface area contributed by atoms with Crippen LogP contribution < -0.4 is 20.2 Å². The van der Waals surface area contributed by atoms with Crippen molar-refractivity contribution in [3.05, 3.63) is 50.6 Å². The highest BCUT2D eigenvalue weighted by molar-refractivity contribution is 14.1. The largest absolute Gasteiger partial charge is 0.493 e. The molecular formula is C20H21ClIN3O4. The second kappa shape index (κ2) is 11.6. The number of nitrogens with zero attached hydrogens (tertiary/aromatic N) is 1. The van der Waals surface area contributed by atoms with Crippen molar-refractivity contribution in [1.82, 2.24) is 5.43 Å². The molecule has 2 rings (SSSR count). The first-order valence-electron chi connectivity index (χ1n) is 8.81. The van der Waals surface area contributed by atoms with Gasteiger partial charge < -0.3 is 14.8 Å². The number of nitrogens with one attached hydrogen (secondary N) is 2. The fourth-order valence-corrected chi connectivity index (χ4v) is 3.24. The molecule has 0 aliphatic heterocycles. The van der Waals surface area contributed by atoms with E-state index in [9.17, 15) is 9.59 Å². The molecule has 7 nitrogen and oxygen atoms in total. The molecule has 0 radical (unpaired) electrons. The van der Waals surface area contributed by atoms with Crippen molar-refractivity contribution in [3.8, 4) is 11.5 Å². The van der Waals surface area contributed by atoms with E-state index >= 15 is 0 Å². The van der Waals surface area contributed by atoms with Crippen LogP contribution in [0.25, 0.3) is 0 Å². The van der Waals surface area contributed by atoms with Gasteiger partial charge in [0.15, 0.2) is 11.5 Å². The molecular weight excluding hydrogens is 509 g/mol. The molecule has 9 heteroatoms. The number of hydrogen-bond acceptors (Lipinski definition) is 5. The molecule has 0 saturated carbocycles. The van der Waals surface area contributed by atoms with Crippen LogP contribution in [0.4, 0.5) is 5.69 Å². The highest BCUT2D eigenvalue weighted by Crippen LogP contribution is 2.33. The molecule has 2 amide bonds. The molecule has 0 heterocycles. The average molecular weight is 530 g/mol. The van der Waals surface area contributed by atoms with Crippen molar-refractivity contribution in [2.24, 2.45) is 5.10 Å². The fourth-order valence-electron chi connectivity index (χ4n) is 2.28. The first-order valence-corrected chi connectivity index (χ1v) is 10.3. The molecule has 0 aliphatic rings. The van der Waals surface area contributed by atoms with Gasteiger partial charge in [-0.25, -0.2) is 5.43 Å². The SMILES string of the molecule is CCCOc1c(I)cc(C=NNC(=O)CC(=O)Nc2ccccc2Cl)cc1OC. The zero-order valence-corrected chi connectivity index (χ0v) is 18.9. The Hall–Kier alpha value is -2.33. The van der Waals surface area contributed by atoms with Gasteiger partial charge in [0.2, 0.25) is 11.8 Å². The Morgan fingerprint density at radius 2 is 2.00 bits per heavy atom. The summed E-state index contributed by atoms with van der Waals surface area (Å²) in [6, 6.07) is 10.4. The van der Waals surface area contributed by atoms with E-state index in [2.05, 4.69) is 38.4 Å². The van der Waals surface area contributed by atoms with Gasteiger partial charge >= 0.3 is 0 Å². The van der Waals surface area contributed by atoms with Crippen LogP contribution in [0.2, 0.25) is 5.02 Å². The molecule has 154 valence electrons. The summed E-state index contributed by atoms with van der Waals surface area (Å²) in [5.74, 6) is 0.222. The van der Waals surface area contributed by atoms with Crippen molar-refractivity contribution in [3.63, 3.8) is 0 Å². The smallest absolute Gasteiger partial charge is 0.249 e. The quantitative estimate of drug-likeness (QED) is 0.220. The van der Waals surface area contributed by atoms with Crippen molar-refractivity contribution in [2.45, 2.75) is 19.8 Å². The van der Waals surface area contributed by atoms with Crippen LogP contribution in [0, 0.1) is 3.57 Å². The summed E-state index contributed by atoms with van der Waals surface area (Å²) in [6.45, 7) is 2.61. The Labute approximate surface area is 187 Å². The summed E-state index contributed by atoms with van der Waals surface area (Å²) >= 11 is 8.13. The molecule has 0 aliphatic carbocycles. The van der Waals surface area contributed by atoms with Crippen LogP contribution in [0.15, 0.2) is 41.5 Å². The monoisotopic (exact) mass is 529 g/mol. The number of hydrogen-bond donors (Lipinski definition) is 2. The number of hydrazone groups is 1. The lowest BCUT2D eigenvalue weighted by Gasteiger charge is -2.12. The number of benzene rings is 2. The summed E-state index contributed by atoms with van der Waals surface area (Å²) < 4.78 is 11.9. The Morgan fingerprint density at radius 1 is 1.24 bits per heavy atom. The van der Waals surface area contributed by atoms with Gasteiger partial charge in [-0.15, -0.1) is 0 Å². The van der Waals surface area contributed by atoms with E-state index in [0.717, 1.165) is 15.6 Å². The van der Waals surface area contributed by atoms with Gasteiger partial charge in [0, 0.05) is 0 Å². The number of halogens is 2. The Bertz CT molecular complexity index is 905. The third-order valence-corrected chi connectivity index (χ3v) is 4.71. The minimum absolute atomic E-state index is 0.382. The number of amides is 2. The molecule has 0 aromatic heterocycles. The van der Waals surface area contributed by atoms with Gasteiger partial charge in [-0.3, -0.25) is 9.59 Å². The number of rotatable bonds is 9. The number of carbonyl (C=O) groups excluding carboxylic acids is 2. The van der Waals surface area contributed by atoms with E-state index in [1.807, 2.05) is 13.0 Å². The van der Waals surface area contributed by atoms with E-state index < -0.39 is 11.8 Å². The first-order chi connectivity index (χ1) is 13.9. The lowest BCUT2D eigenvalue weighted by Crippen LogP contribution is -2.24. The van der Waals surface area contributed by atoms with E-state index in [-0.39, 0.29) is 6.42 Å². The van der Waals surface area contributed by atoms with E-state index in [0.29, 0.717) is 28.8 Å². The summed E-state index contributed by atoms with van der Waals surface area (Å²) in [6.07, 6.45) is 1.98. The number of para-hydroxylation sites is 1. The minimum atomic E-state index is -0.546. The van der Waals surface area contributed by atoms with Crippen molar-refractivity contribution >= 4 is 57.9 Å². The normalized spacial score (nSPS) is 10.6. The van der Waals surface area contributed by atoms with Gasteiger partial charge in [0.1, 0.15) is 6.42 Å². The maximum Gasteiger partial charge on any atom is 0.249 e. The molecule has 2 aromatic carbocycles. The first kappa shape index (κ1) is 23.0. The predicted molar refractivity (Wildman–Crippen MR) is 122 cm³/mol. The Balaban J connectivity index is 1.93. The van der Waals surface area contributed by atoms with Crippen LogP contribution in [-0.2, 0) is 9.59 Å². The number of anilines is 1. The van der Waals surface area contributed by atoms with Gasteiger partial charge in [0.25, 0.3) is 0 Å². The molecule has 0 bridgehead atoms. The standard InChI is InChI=1S/C20H21ClIN3O4/c1-3-8-29-20-15(22)9-13(10-17(20)28-2)12-23-25-19(27)11-18(26)24-16-7-5-4-6-14(16)21/h4-7,9-10,12H,3,8,11H2,1-2H3,(H,24,26)(H,25,27). The van der Waals surface area contributed by atoms with Gasteiger partial charge in [-0.05, 0) is 58.8 Å². The van der Waals surface area contributed by atoms with Crippen LogP contribution in [0.5, 0.6) is 11.5 Å². The van der Waals surface area contributed by atoms with Crippen molar-refractivity contribution < 1.29 is 19.1 Å². The molecule has 0 unspecified atom stereocenters. The number of methoxy groups -OCH3 is 1. The molecule has 29 heavy (non-hydrogen) atoms. The highest BCUT2D eigenvalue weighted by atomic mass is 127. The van der Waals surface area contributed by atoms with Gasteiger partial charge in [-0.1, -0.05) is 30.7 Å². The molecule has 0 atom stereocenters. The van der Waals surface area contributed by atoms with Crippen molar-refractivity contribution in [2.75, 3.05) is 19.0 Å². The van der Waals surface area contributed by atoms with Crippen molar-refractivity contribution in [1.29, 1.82) is 0 Å². The number of carbonyl (C=O) groups is 2. The van der Waals surface area contributed by atoms with Crippen LogP contribution in [0.3, 0.4) is 0 Å². The zero-order chi connectivity index (χ0) is 21.2. The van der Waals surface area contributed by atoms with Gasteiger partial charge in [-0.2, -0.15) is 5.10 Å².